The molecule has 0 unspecified atom stereocenters. The summed E-state index contributed by atoms with van der Waals surface area (Å²) in [5, 5.41) is 2.42. The lowest BCUT2D eigenvalue weighted by atomic mass is 9.87. The van der Waals surface area contributed by atoms with Gasteiger partial charge in [0.1, 0.15) is 0 Å². The normalized spacial score (nSPS) is 25.2. The van der Waals surface area contributed by atoms with Crippen LogP contribution in [0.2, 0.25) is 0 Å². The highest BCUT2D eigenvalue weighted by Crippen LogP contribution is 2.31. The highest BCUT2D eigenvalue weighted by Gasteiger charge is 2.37. The SMILES string of the molecule is CN(C(=O)[C@@H](N=C=S)c1ccccc1)[C@H]1CCCC[C@@H]1N1CCCC1. The molecule has 3 atom stereocenters. The van der Waals surface area contributed by atoms with Gasteiger partial charge >= 0.3 is 0 Å². The Morgan fingerprint density at radius 3 is 2.56 bits per heavy atom. The van der Waals surface area contributed by atoms with Gasteiger partial charge in [0.25, 0.3) is 5.91 Å². The van der Waals surface area contributed by atoms with Gasteiger partial charge in [-0.2, -0.15) is 0 Å². The second-order valence-corrected chi connectivity index (χ2v) is 7.33. The van der Waals surface area contributed by atoms with Crippen LogP contribution in [0.3, 0.4) is 0 Å². The van der Waals surface area contributed by atoms with E-state index in [0.29, 0.717) is 6.04 Å². The van der Waals surface area contributed by atoms with E-state index in [9.17, 15) is 4.79 Å². The molecule has 0 radical (unpaired) electrons. The summed E-state index contributed by atoms with van der Waals surface area (Å²) in [6.07, 6.45) is 7.28. The number of likely N-dealkylation sites (tertiary alicyclic amines) is 1. The van der Waals surface area contributed by atoms with Gasteiger partial charge in [0.05, 0.1) is 5.16 Å². The lowest BCUT2D eigenvalue weighted by Crippen LogP contribution is -2.53. The van der Waals surface area contributed by atoms with Gasteiger partial charge in [-0.3, -0.25) is 9.69 Å². The molecule has 5 heteroatoms. The first kappa shape index (κ1) is 18.2. The molecule has 0 spiro atoms. The van der Waals surface area contributed by atoms with Gasteiger partial charge in [-0.05, 0) is 56.6 Å². The maximum Gasteiger partial charge on any atom is 0.252 e. The predicted octanol–water partition coefficient (Wildman–Crippen LogP) is 3.70. The van der Waals surface area contributed by atoms with Crippen LogP contribution in [0.5, 0.6) is 0 Å². The van der Waals surface area contributed by atoms with Crippen LogP contribution in [0.4, 0.5) is 0 Å². The van der Waals surface area contributed by atoms with Crippen LogP contribution in [-0.2, 0) is 4.79 Å². The molecule has 1 aromatic carbocycles. The third kappa shape index (κ3) is 4.17. The van der Waals surface area contributed by atoms with Crippen molar-refractivity contribution in [3.8, 4) is 0 Å². The lowest BCUT2D eigenvalue weighted by molar-refractivity contribution is -0.135. The average molecular weight is 358 g/mol. The molecule has 0 N–H and O–H groups in total. The number of benzene rings is 1. The van der Waals surface area contributed by atoms with Gasteiger partial charge in [-0.1, -0.05) is 43.2 Å². The predicted molar refractivity (Wildman–Crippen MR) is 104 cm³/mol. The van der Waals surface area contributed by atoms with Gasteiger partial charge in [-0.15, -0.1) is 0 Å². The molecule has 1 saturated carbocycles. The number of carbonyl (C=O) groups excluding carboxylic acids is 1. The number of hydrogen-bond donors (Lipinski definition) is 0. The zero-order valence-electron chi connectivity index (χ0n) is 14.9. The number of aliphatic imine (C=N–C) groups is 1. The molecule has 1 heterocycles. The summed E-state index contributed by atoms with van der Waals surface area (Å²) in [5.74, 6) is 0.0275. The first-order chi connectivity index (χ1) is 12.2. The summed E-state index contributed by atoms with van der Waals surface area (Å²) in [6, 6.07) is 9.86. The minimum Gasteiger partial charge on any atom is -0.339 e. The van der Waals surface area contributed by atoms with Crippen LogP contribution in [0.1, 0.15) is 50.1 Å². The van der Waals surface area contributed by atoms with Crippen molar-refractivity contribution in [2.45, 2.75) is 56.7 Å². The van der Waals surface area contributed by atoms with E-state index in [2.05, 4.69) is 15.1 Å². The molecule has 4 nitrogen and oxygen atoms in total. The Bertz CT molecular complexity index is 623. The van der Waals surface area contributed by atoms with Crippen molar-refractivity contribution in [3.05, 3.63) is 35.9 Å². The minimum absolute atomic E-state index is 0.0275. The van der Waals surface area contributed by atoms with Crippen molar-refractivity contribution < 1.29 is 4.79 Å². The van der Waals surface area contributed by atoms with E-state index in [-0.39, 0.29) is 11.9 Å². The average Bonchev–Trinajstić information content (AvgIpc) is 3.20. The third-order valence-electron chi connectivity index (χ3n) is 5.68. The second kappa shape index (κ2) is 8.70. The molecule has 1 amide bonds. The lowest BCUT2D eigenvalue weighted by Gasteiger charge is -2.43. The zero-order chi connectivity index (χ0) is 17.6. The quantitative estimate of drug-likeness (QED) is 0.595. The number of hydrogen-bond acceptors (Lipinski definition) is 4. The summed E-state index contributed by atoms with van der Waals surface area (Å²) in [4.78, 5) is 21.9. The highest BCUT2D eigenvalue weighted by molar-refractivity contribution is 7.78. The molecule has 0 bridgehead atoms. The molecule has 25 heavy (non-hydrogen) atoms. The standard InChI is InChI=1S/C20H27N3OS/c1-22(17-11-5-6-12-18(17)23-13-7-8-14-23)20(24)19(21-15-25)16-9-3-2-4-10-16/h2-4,9-10,17-19H,5-8,11-14H2,1H3/t17-,18-,19-/m0/s1. The third-order valence-corrected chi connectivity index (χ3v) is 5.79. The van der Waals surface area contributed by atoms with E-state index in [1.807, 2.05) is 42.3 Å². The van der Waals surface area contributed by atoms with Crippen molar-refractivity contribution in [1.29, 1.82) is 0 Å². The van der Waals surface area contributed by atoms with E-state index >= 15 is 0 Å². The molecule has 1 aromatic rings. The molecular weight excluding hydrogens is 330 g/mol. The second-order valence-electron chi connectivity index (χ2n) is 7.14. The Morgan fingerprint density at radius 1 is 1.20 bits per heavy atom. The van der Waals surface area contributed by atoms with Gasteiger partial charge in [-0.25, -0.2) is 4.99 Å². The summed E-state index contributed by atoms with van der Waals surface area (Å²) in [7, 11) is 1.94. The molecule has 3 rings (SSSR count). The van der Waals surface area contributed by atoms with Gasteiger partial charge in [0.15, 0.2) is 6.04 Å². The Kier molecular flexibility index (Phi) is 6.35. The molecule has 2 aliphatic rings. The maximum absolute atomic E-state index is 13.2. The summed E-state index contributed by atoms with van der Waals surface area (Å²) in [6.45, 7) is 2.34. The first-order valence-electron chi connectivity index (χ1n) is 9.35. The Balaban J connectivity index is 1.79. The van der Waals surface area contributed by atoms with Crippen LogP contribution in [0, 0.1) is 0 Å². The fraction of sp³-hybridized carbons (Fsp3) is 0.600. The number of thiocarbonyl (C=S) groups is 1. The Labute approximate surface area is 155 Å². The fourth-order valence-electron chi connectivity index (χ4n) is 4.36. The van der Waals surface area contributed by atoms with Crippen molar-refractivity contribution in [2.24, 2.45) is 4.99 Å². The van der Waals surface area contributed by atoms with Crippen molar-refractivity contribution in [1.82, 2.24) is 9.80 Å². The fourth-order valence-corrected chi connectivity index (χ4v) is 4.46. The highest BCUT2D eigenvalue weighted by atomic mass is 32.1. The van der Waals surface area contributed by atoms with Crippen LogP contribution in [0.25, 0.3) is 0 Å². The number of rotatable bonds is 5. The number of carbonyl (C=O) groups is 1. The van der Waals surface area contributed by atoms with Crippen molar-refractivity contribution in [3.63, 3.8) is 0 Å². The van der Waals surface area contributed by atoms with Crippen molar-refractivity contribution >= 4 is 23.3 Å². The molecule has 1 aliphatic heterocycles. The Morgan fingerprint density at radius 2 is 1.88 bits per heavy atom. The molecule has 1 aliphatic carbocycles. The van der Waals surface area contributed by atoms with Crippen LogP contribution in [0.15, 0.2) is 35.3 Å². The molecule has 134 valence electrons. The summed E-state index contributed by atoms with van der Waals surface area (Å²) < 4.78 is 0. The first-order valence-corrected chi connectivity index (χ1v) is 9.76. The molecular formula is C20H27N3OS. The zero-order valence-corrected chi connectivity index (χ0v) is 15.8. The topological polar surface area (TPSA) is 35.9 Å². The molecule has 1 saturated heterocycles. The van der Waals surface area contributed by atoms with Gasteiger partial charge < -0.3 is 4.90 Å². The number of amides is 1. The minimum atomic E-state index is -0.579. The summed E-state index contributed by atoms with van der Waals surface area (Å²) >= 11 is 4.81. The number of likely N-dealkylation sites (N-methyl/N-ethyl adjacent to an activating group) is 1. The maximum atomic E-state index is 13.2. The van der Waals surface area contributed by atoms with Crippen LogP contribution in [-0.4, -0.2) is 53.1 Å². The van der Waals surface area contributed by atoms with Crippen LogP contribution >= 0.6 is 12.2 Å². The van der Waals surface area contributed by atoms with Crippen LogP contribution < -0.4 is 0 Å². The smallest absolute Gasteiger partial charge is 0.252 e. The van der Waals surface area contributed by atoms with E-state index in [1.54, 1.807) is 0 Å². The largest absolute Gasteiger partial charge is 0.339 e. The van der Waals surface area contributed by atoms with E-state index < -0.39 is 6.04 Å². The molecule has 0 aromatic heterocycles. The monoisotopic (exact) mass is 357 g/mol. The molecule has 2 fully saturated rings. The van der Waals surface area contributed by atoms with E-state index in [1.165, 1.54) is 45.2 Å². The van der Waals surface area contributed by atoms with Gasteiger partial charge in [0.2, 0.25) is 0 Å². The van der Waals surface area contributed by atoms with E-state index in [0.717, 1.165) is 12.0 Å². The Hall–Kier alpha value is -1.55. The number of isothiocyanates is 1. The number of nitrogens with zero attached hydrogens (tertiary/aromatic N) is 3. The van der Waals surface area contributed by atoms with Crippen molar-refractivity contribution in [2.75, 3.05) is 20.1 Å². The van der Waals surface area contributed by atoms with Gasteiger partial charge in [0, 0.05) is 19.1 Å². The summed E-state index contributed by atoms with van der Waals surface area (Å²) in [5.41, 5.74) is 0.880. The van der Waals surface area contributed by atoms with E-state index in [4.69, 9.17) is 12.2 Å².